The second-order valence-corrected chi connectivity index (χ2v) is 5.17. The van der Waals surface area contributed by atoms with Crippen LogP contribution < -0.4 is 0 Å². The van der Waals surface area contributed by atoms with Gasteiger partial charge in [-0.2, -0.15) is 5.26 Å². The molecule has 5 heteroatoms. The van der Waals surface area contributed by atoms with Gasteiger partial charge >= 0.3 is 5.97 Å². The lowest BCUT2D eigenvalue weighted by atomic mass is 10.2. The average Bonchev–Trinajstić information content (AvgIpc) is 2.30. The smallest absolute Gasteiger partial charge is 0.307 e. The van der Waals surface area contributed by atoms with Gasteiger partial charge in [0.1, 0.15) is 5.25 Å². The number of carbonyl (C=O) groups is 1. The Kier molecular flexibility index (Phi) is 4.85. The maximum Gasteiger partial charge on any atom is 0.307 e. The van der Waals surface area contributed by atoms with Gasteiger partial charge in [0.25, 0.3) is 0 Å². The maximum atomic E-state index is 11.9. The third kappa shape index (κ3) is 3.68. The minimum absolute atomic E-state index is 0.0532. The molecule has 0 heterocycles. The Labute approximate surface area is 102 Å². The number of carboxylic acid groups (broad SMARTS) is 1. The highest BCUT2D eigenvalue weighted by Crippen LogP contribution is 2.14. The zero-order valence-electron chi connectivity index (χ0n) is 9.42. The van der Waals surface area contributed by atoms with Gasteiger partial charge in [-0.05, 0) is 24.1 Å². The quantitative estimate of drug-likeness (QED) is 0.864. The second kappa shape index (κ2) is 6.16. The van der Waals surface area contributed by atoms with Crippen LogP contribution in [0.2, 0.25) is 0 Å². The van der Waals surface area contributed by atoms with Crippen molar-refractivity contribution in [2.24, 2.45) is 0 Å². The summed E-state index contributed by atoms with van der Waals surface area (Å²) < 4.78 is 11.9. The first-order valence-electron chi connectivity index (χ1n) is 5.19. The number of hydrogen-bond acceptors (Lipinski definition) is 3. The summed E-state index contributed by atoms with van der Waals surface area (Å²) in [6.07, 6.45) is 0.475. The van der Waals surface area contributed by atoms with Crippen molar-refractivity contribution in [1.29, 1.82) is 5.26 Å². The van der Waals surface area contributed by atoms with Gasteiger partial charge in [0.2, 0.25) is 0 Å². The van der Waals surface area contributed by atoms with Crippen LogP contribution >= 0.6 is 0 Å². The van der Waals surface area contributed by atoms with Crippen molar-refractivity contribution in [2.45, 2.75) is 29.9 Å². The zero-order chi connectivity index (χ0) is 12.8. The van der Waals surface area contributed by atoms with Crippen LogP contribution in [-0.2, 0) is 22.0 Å². The molecule has 2 atom stereocenters. The first-order chi connectivity index (χ1) is 8.08. The predicted octanol–water partition coefficient (Wildman–Crippen LogP) is 1.72. The van der Waals surface area contributed by atoms with Crippen LogP contribution in [0.3, 0.4) is 0 Å². The van der Waals surface area contributed by atoms with E-state index in [-0.39, 0.29) is 6.42 Å². The molecule has 0 radical (unpaired) electrons. The molecule has 1 aromatic carbocycles. The summed E-state index contributed by atoms with van der Waals surface area (Å²) in [4.78, 5) is 11.0. The molecule has 4 nitrogen and oxygen atoms in total. The predicted molar refractivity (Wildman–Crippen MR) is 63.9 cm³/mol. The summed E-state index contributed by atoms with van der Waals surface area (Å²) in [5.41, 5.74) is 0.656. The van der Waals surface area contributed by atoms with Gasteiger partial charge < -0.3 is 5.11 Å². The normalized spacial score (nSPS) is 13.6. The van der Waals surface area contributed by atoms with Gasteiger partial charge in [-0.1, -0.05) is 19.1 Å². The van der Waals surface area contributed by atoms with E-state index >= 15 is 0 Å². The average molecular weight is 251 g/mol. The van der Waals surface area contributed by atoms with E-state index in [1.165, 1.54) is 0 Å². The molecule has 0 aromatic heterocycles. The van der Waals surface area contributed by atoms with Gasteiger partial charge in [-0.25, -0.2) is 0 Å². The van der Waals surface area contributed by atoms with Gasteiger partial charge in [0.05, 0.1) is 23.3 Å². The van der Waals surface area contributed by atoms with Gasteiger partial charge in [-0.15, -0.1) is 0 Å². The van der Waals surface area contributed by atoms with Crippen LogP contribution in [-0.4, -0.2) is 20.5 Å². The SMILES string of the molecule is CCC(C#N)S(=O)c1ccc(CC(=O)O)cc1. The largest absolute Gasteiger partial charge is 0.481 e. The number of benzene rings is 1. The zero-order valence-corrected chi connectivity index (χ0v) is 10.2. The van der Waals surface area contributed by atoms with Gasteiger partial charge in [0, 0.05) is 4.90 Å². The van der Waals surface area contributed by atoms with Crippen LogP contribution in [0.1, 0.15) is 18.9 Å². The van der Waals surface area contributed by atoms with E-state index in [0.717, 1.165) is 0 Å². The number of hydrogen-bond donors (Lipinski definition) is 1. The molecular formula is C12H13NO3S. The second-order valence-electron chi connectivity index (χ2n) is 3.54. The van der Waals surface area contributed by atoms with Gasteiger partial charge in [0.15, 0.2) is 0 Å². The van der Waals surface area contributed by atoms with E-state index in [1.807, 2.05) is 13.0 Å². The van der Waals surface area contributed by atoms with Crippen molar-refractivity contribution < 1.29 is 14.1 Å². The minimum Gasteiger partial charge on any atom is -0.481 e. The van der Waals surface area contributed by atoms with Crippen LogP contribution in [0.15, 0.2) is 29.2 Å². The number of nitrogens with zero attached hydrogens (tertiary/aromatic N) is 1. The lowest BCUT2D eigenvalue weighted by Gasteiger charge is -2.06. The summed E-state index contributed by atoms with van der Waals surface area (Å²) in [6, 6.07) is 8.50. The molecule has 0 fully saturated rings. The number of aliphatic carboxylic acids is 1. The van der Waals surface area contributed by atoms with E-state index in [1.54, 1.807) is 24.3 Å². The molecule has 0 saturated carbocycles. The summed E-state index contributed by atoms with van der Waals surface area (Å²) in [6.45, 7) is 1.81. The topological polar surface area (TPSA) is 78.2 Å². The highest BCUT2D eigenvalue weighted by molar-refractivity contribution is 7.86. The fourth-order valence-electron chi connectivity index (χ4n) is 1.37. The van der Waals surface area contributed by atoms with Crippen LogP contribution in [0.5, 0.6) is 0 Å². The highest BCUT2D eigenvalue weighted by Gasteiger charge is 2.15. The van der Waals surface area contributed by atoms with Gasteiger partial charge in [-0.3, -0.25) is 9.00 Å². The van der Waals surface area contributed by atoms with E-state index in [4.69, 9.17) is 10.4 Å². The van der Waals surface area contributed by atoms with Crippen molar-refractivity contribution in [2.75, 3.05) is 0 Å². The van der Waals surface area contributed by atoms with Crippen molar-refractivity contribution in [1.82, 2.24) is 0 Å². The Hall–Kier alpha value is -1.67. The first-order valence-corrected chi connectivity index (χ1v) is 6.40. The van der Waals surface area contributed by atoms with Crippen molar-refractivity contribution in [3.8, 4) is 6.07 Å². The van der Waals surface area contributed by atoms with E-state index in [9.17, 15) is 9.00 Å². The van der Waals surface area contributed by atoms with Crippen molar-refractivity contribution >= 4 is 16.8 Å². The Morgan fingerprint density at radius 3 is 2.47 bits per heavy atom. The molecule has 0 amide bonds. The molecule has 90 valence electrons. The third-order valence-electron chi connectivity index (χ3n) is 2.28. The summed E-state index contributed by atoms with van der Waals surface area (Å²) in [5, 5.41) is 16.9. The molecule has 0 aliphatic carbocycles. The Morgan fingerprint density at radius 1 is 1.47 bits per heavy atom. The molecule has 1 aromatic rings. The first kappa shape index (κ1) is 13.4. The Balaban J connectivity index is 2.84. The van der Waals surface area contributed by atoms with E-state index in [0.29, 0.717) is 16.9 Å². The lowest BCUT2D eigenvalue weighted by Crippen LogP contribution is -2.11. The maximum absolute atomic E-state index is 11.9. The van der Waals surface area contributed by atoms with Crippen LogP contribution in [0.25, 0.3) is 0 Å². The number of carboxylic acids is 1. The van der Waals surface area contributed by atoms with Crippen molar-refractivity contribution in [3.63, 3.8) is 0 Å². The third-order valence-corrected chi connectivity index (χ3v) is 3.98. The molecule has 1 rings (SSSR count). The Bertz CT molecular complexity index is 462. The molecule has 0 aliphatic heterocycles. The Morgan fingerprint density at radius 2 is 2.06 bits per heavy atom. The molecule has 0 saturated heterocycles. The fraction of sp³-hybridized carbons (Fsp3) is 0.333. The fourth-order valence-corrected chi connectivity index (χ4v) is 2.50. The molecular weight excluding hydrogens is 238 g/mol. The van der Waals surface area contributed by atoms with Crippen molar-refractivity contribution in [3.05, 3.63) is 29.8 Å². The highest BCUT2D eigenvalue weighted by atomic mass is 32.2. The summed E-state index contributed by atoms with van der Waals surface area (Å²) in [5.74, 6) is -0.901. The lowest BCUT2D eigenvalue weighted by molar-refractivity contribution is -0.136. The van der Waals surface area contributed by atoms with E-state index in [2.05, 4.69) is 0 Å². The molecule has 1 N–H and O–H groups in total. The standard InChI is InChI=1S/C12H13NO3S/c1-2-10(8-13)17(16)11-5-3-9(4-6-11)7-12(14)15/h3-6,10H,2,7H2,1H3,(H,14,15). The van der Waals surface area contributed by atoms with E-state index < -0.39 is 22.0 Å². The monoisotopic (exact) mass is 251 g/mol. The van der Waals surface area contributed by atoms with Crippen LogP contribution in [0.4, 0.5) is 0 Å². The summed E-state index contributed by atoms with van der Waals surface area (Å²) >= 11 is 0. The summed E-state index contributed by atoms with van der Waals surface area (Å²) in [7, 11) is -1.35. The minimum atomic E-state index is -1.35. The molecule has 0 spiro atoms. The number of nitriles is 1. The molecule has 0 bridgehead atoms. The number of rotatable bonds is 5. The molecule has 0 aliphatic rings. The molecule has 2 unspecified atom stereocenters. The van der Waals surface area contributed by atoms with Crippen LogP contribution in [0, 0.1) is 11.3 Å². The molecule has 17 heavy (non-hydrogen) atoms.